The number of aliphatic hydroxyl groups excluding tert-OH is 1. The van der Waals surface area contributed by atoms with E-state index in [9.17, 15) is 13.6 Å². The summed E-state index contributed by atoms with van der Waals surface area (Å²) in [5.74, 6) is 0.187. The first kappa shape index (κ1) is 17.2. The molecule has 0 radical (unpaired) electrons. The minimum Gasteiger partial charge on any atom is -0.485 e. The maximum absolute atomic E-state index is 12.2. The van der Waals surface area contributed by atoms with Crippen molar-refractivity contribution in [3.05, 3.63) is 24.3 Å². The number of ether oxygens (including phenoxy) is 1. The minimum absolute atomic E-state index is 0.142. The molecule has 0 spiro atoms. The van der Waals surface area contributed by atoms with Gasteiger partial charge in [-0.25, -0.2) is 13.6 Å². The Bertz CT molecular complexity index is 438. The first-order valence-corrected chi connectivity index (χ1v) is 6.75. The predicted molar refractivity (Wildman–Crippen MR) is 75.9 cm³/mol. The van der Waals surface area contributed by atoms with Gasteiger partial charge in [-0.3, -0.25) is 0 Å². The summed E-state index contributed by atoms with van der Waals surface area (Å²) >= 11 is 0. The first-order valence-electron chi connectivity index (χ1n) is 6.75. The Morgan fingerprint density at radius 1 is 1.38 bits per heavy atom. The molecule has 0 heterocycles. The number of hydrogen-bond donors (Lipinski definition) is 2. The molecular formula is C14H20F2N2O3. The van der Waals surface area contributed by atoms with Crippen LogP contribution in [0.4, 0.5) is 19.3 Å². The topological polar surface area (TPSA) is 61.8 Å². The number of halogens is 2. The summed E-state index contributed by atoms with van der Waals surface area (Å²) < 4.78 is 29.4. The summed E-state index contributed by atoms with van der Waals surface area (Å²) in [4.78, 5) is 13.5. The molecule has 0 aliphatic heterocycles. The molecule has 0 aliphatic rings. The number of hydrogen-bond acceptors (Lipinski definition) is 3. The van der Waals surface area contributed by atoms with E-state index in [1.54, 1.807) is 18.2 Å². The summed E-state index contributed by atoms with van der Waals surface area (Å²) in [6, 6.07) is 5.98. The van der Waals surface area contributed by atoms with Crippen molar-refractivity contribution in [1.82, 2.24) is 4.90 Å². The van der Waals surface area contributed by atoms with Crippen LogP contribution in [-0.2, 0) is 0 Å². The lowest BCUT2D eigenvalue weighted by Gasteiger charge is -2.22. The lowest BCUT2D eigenvalue weighted by Crippen LogP contribution is -2.37. The second-order valence-electron chi connectivity index (χ2n) is 4.34. The Morgan fingerprint density at radius 3 is 2.71 bits per heavy atom. The first-order chi connectivity index (χ1) is 10.1. The van der Waals surface area contributed by atoms with E-state index >= 15 is 0 Å². The van der Waals surface area contributed by atoms with E-state index in [1.165, 1.54) is 11.0 Å². The van der Waals surface area contributed by atoms with E-state index in [-0.39, 0.29) is 18.9 Å². The summed E-state index contributed by atoms with van der Waals surface area (Å²) in [5, 5.41) is 11.6. The standard InChI is InChI=1S/C14H20F2N2O3/c1-2-7-18(8-9-19)14(20)17-11-5-3-4-6-12(11)21-10-13(15)16/h3-6,13,19H,2,7-10H2,1H3,(H,17,20). The zero-order valence-electron chi connectivity index (χ0n) is 11.9. The van der Waals surface area contributed by atoms with Gasteiger partial charge in [0.15, 0.2) is 0 Å². The van der Waals surface area contributed by atoms with E-state index in [2.05, 4.69) is 5.32 Å². The maximum Gasteiger partial charge on any atom is 0.322 e. The third kappa shape index (κ3) is 5.95. The zero-order valence-corrected chi connectivity index (χ0v) is 11.9. The number of rotatable bonds is 8. The summed E-state index contributed by atoms with van der Waals surface area (Å²) in [6.07, 6.45) is -1.84. The summed E-state index contributed by atoms with van der Waals surface area (Å²) in [5.41, 5.74) is 0.321. The Hall–Kier alpha value is -1.89. The molecule has 5 nitrogen and oxygen atoms in total. The summed E-state index contributed by atoms with van der Waals surface area (Å²) in [7, 11) is 0. The van der Waals surface area contributed by atoms with Gasteiger partial charge in [0.05, 0.1) is 12.3 Å². The average Bonchev–Trinajstić information content (AvgIpc) is 2.46. The van der Waals surface area contributed by atoms with Crippen molar-refractivity contribution in [3.63, 3.8) is 0 Å². The molecule has 0 aromatic heterocycles. The monoisotopic (exact) mass is 302 g/mol. The average molecular weight is 302 g/mol. The molecule has 0 saturated heterocycles. The number of alkyl halides is 2. The van der Waals surface area contributed by atoms with Gasteiger partial charge < -0.3 is 20.1 Å². The Morgan fingerprint density at radius 2 is 2.10 bits per heavy atom. The lowest BCUT2D eigenvalue weighted by atomic mass is 10.3. The highest BCUT2D eigenvalue weighted by Crippen LogP contribution is 2.24. The lowest BCUT2D eigenvalue weighted by molar-refractivity contribution is 0.0822. The van der Waals surface area contributed by atoms with E-state index in [0.717, 1.165) is 6.42 Å². The maximum atomic E-state index is 12.2. The molecule has 21 heavy (non-hydrogen) atoms. The van der Waals surface area contributed by atoms with Crippen LogP contribution >= 0.6 is 0 Å². The minimum atomic E-state index is -2.58. The van der Waals surface area contributed by atoms with Gasteiger partial charge in [0.25, 0.3) is 6.43 Å². The SMILES string of the molecule is CCCN(CCO)C(=O)Nc1ccccc1OCC(F)F. The molecule has 7 heteroatoms. The van der Waals surface area contributed by atoms with Crippen molar-refractivity contribution in [2.75, 3.05) is 31.6 Å². The molecule has 1 aromatic carbocycles. The second kappa shape index (κ2) is 9.12. The Labute approximate surface area is 122 Å². The van der Waals surface area contributed by atoms with Gasteiger partial charge >= 0.3 is 6.03 Å². The van der Waals surface area contributed by atoms with Gasteiger partial charge in [-0.15, -0.1) is 0 Å². The Kier molecular flexibility index (Phi) is 7.45. The molecule has 0 atom stereocenters. The van der Waals surface area contributed by atoms with Gasteiger partial charge in [-0.05, 0) is 18.6 Å². The molecule has 118 valence electrons. The zero-order chi connectivity index (χ0) is 15.7. The molecule has 2 N–H and O–H groups in total. The molecular weight excluding hydrogens is 282 g/mol. The summed E-state index contributed by atoms with van der Waals surface area (Å²) in [6.45, 7) is 1.74. The number of benzene rings is 1. The van der Waals surface area contributed by atoms with E-state index in [1.807, 2.05) is 6.92 Å². The number of urea groups is 1. The predicted octanol–water partition coefficient (Wildman–Crippen LogP) is 2.57. The largest absolute Gasteiger partial charge is 0.485 e. The van der Waals surface area contributed by atoms with Crippen molar-refractivity contribution in [2.45, 2.75) is 19.8 Å². The van der Waals surface area contributed by atoms with Crippen LogP contribution in [-0.4, -0.2) is 48.8 Å². The molecule has 0 saturated carbocycles. The van der Waals surface area contributed by atoms with Gasteiger partial charge in [0.2, 0.25) is 0 Å². The van der Waals surface area contributed by atoms with Crippen molar-refractivity contribution in [1.29, 1.82) is 0 Å². The highest BCUT2D eigenvalue weighted by atomic mass is 19.3. The van der Waals surface area contributed by atoms with Crippen LogP contribution in [0.25, 0.3) is 0 Å². The number of carbonyl (C=O) groups is 1. The van der Waals surface area contributed by atoms with Gasteiger partial charge in [0, 0.05) is 13.1 Å². The Balaban J connectivity index is 2.74. The van der Waals surface area contributed by atoms with Gasteiger partial charge in [-0.1, -0.05) is 19.1 Å². The van der Waals surface area contributed by atoms with Crippen LogP contribution in [0.3, 0.4) is 0 Å². The van der Waals surface area contributed by atoms with Crippen molar-refractivity contribution < 1.29 is 23.4 Å². The molecule has 0 bridgehead atoms. The fraction of sp³-hybridized carbons (Fsp3) is 0.500. The highest BCUT2D eigenvalue weighted by molar-refractivity contribution is 5.91. The van der Waals surface area contributed by atoms with Crippen LogP contribution in [0.15, 0.2) is 24.3 Å². The number of nitrogens with one attached hydrogen (secondary N) is 1. The second-order valence-corrected chi connectivity index (χ2v) is 4.34. The number of anilines is 1. The number of carbonyl (C=O) groups excluding carboxylic acids is 1. The smallest absolute Gasteiger partial charge is 0.322 e. The molecule has 2 amide bonds. The molecule has 0 fully saturated rings. The third-order valence-corrected chi connectivity index (χ3v) is 2.64. The van der Waals surface area contributed by atoms with E-state index in [0.29, 0.717) is 12.2 Å². The number of para-hydroxylation sites is 2. The fourth-order valence-electron chi connectivity index (χ4n) is 1.75. The van der Waals surface area contributed by atoms with Crippen molar-refractivity contribution in [3.8, 4) is 5.75 Å². The quantitative estimate of drug-likeness (QED) is 0.776. The number of aliphatic hydroxyl groups is 1. The van der Waals surface area contributed by atoms with Crippen molar-refractivity contribution >= 4 is 11.7 Å². The third-order valence-electron chi connectivity index (χ3n) is 2.64. The highest BCUT2D eigenvalue weighted by Gasteiger charge is 2.15. The number of nitrogens with zero attached hydrogens (tertiary/aromatic N) is 1. The van der Waals surface area contributed by atoms with E-state index in [4.69, 9.17) is 9.84 Å². The van der Waals surface area contributed by atoms with Crippen LogP contribution in [0.2, 0.25) is 0 Å². The van der Waals surface area contributed by atoms with Crippen LogP contribution in [0, 0.1) is 0 Å². The normalized spacial score (nSPS) is 10.5. The van der Waals surface area contributed by atoms with Crippen LogP contribution in [0.1, 0.15) is 13.3 Å². The molecule has 0 unspecified atom stereocenters. The van der Waals surface area contributed by atoms with Crippen LogP contribution in [0.5, 0.6) is 5.75 Å². The van der Waals surface area contributed by atoms with Crippen LogP contribution < -0.4 is 10.1 Å². The van der Waals surface area contributed by atoms with E-state index < -0.39 is 19.1 Å². The molecule has 1 aromatic rings. The van der Waals surface area contributed by atoms with Crippen molar-refractivity contribution in [2.24, 2.45) is 0 Å². The fourth-order valence-corrected chi connectivity index (χ4v) is 1.75. The van der Waals surface area contributed by atoms with Gasteiger partial charge in [0.1, 0.15) is 12.4 Å². The number of amides is 2. The molecule has 1 rings (SSSR count). The van der Waals surface area contributed by atoms with Gasteiger partial charge in [-0.2, -0.15) is 0 Å². The molecule has 0 aliphatic carbocycles.